The normalized spacial score (nSPS) is 28.9. The molecule has 222 valence electrons. The number of hydrogen-bond acceptors (Lipinski definition) is 8. The molecule has 2 N–H and O–H groups in total. The lowest BCUT2D eigenvalue weighted by molar-refractivity contribution is 0.0642. The molecule has 3 aromatic rings. The zero-order chi connectivity index (χ0) is 28.3. The van der Waals surface area contributed by atoms with Gasteiger partial charge in [-0.15, -0.1) is 0 Å². The molecule has 0 aliphatic carbocycles. The van der Waals surface area contributed by atoms with Crippen molar-refractivity contribution in [2.45, 2.75) is 88.5 Å². The first kappa shape index (κ1) is 26.7. The molecule has 8 rings (SSSR count). The fourth-order valence-corrected chi connectivity index (χ4v) is 8.85. The average Bonchev–Trinajstić information content (AvgIpc) is 3.71. The third-order valence-corrected chi connectivity index (χ3v) is 10.9. The summed E-state index contributed by atoms with van der Waals surface area (Å²) >= 11 is 0. The lowest BCUT2D eigenvalue weighted by Gasteiger charge is -2.38. The van der Waals surface area contributed by atoms with Gasteiger partial charge in [-0.3, -0.25) is 4.90 Å². The first-order valence-corrected chi connectivity index (χ1v) is 16.3. The molecule has 4 fully saturated rings. The number of piperazine rings is 1. The van der Waals surface area contributed by atoms with E-state index in [0.29, 0.717) is 24.7 Å². The van der Waals surface area contributed by atoms with Gasteiger partial charge in [0.15, 0.2) is 0 Å². The van der Waals surface area contributed by atoms with Crippen LogP contribution in [0.2, 0.25) is 0 Å². The molecule has 8 nitrogen and oxygen atoms in total. The Labute approximate surface area is 249 Å². The summed E-state index contributed by atoms with van der Waals surface area (Å²) in [5.41, 5.74) is 5.12. The first-order valence-electron chi connectivity index (χ1n) is 16.3. The van der Waals surface area contributed by atoms with E-state index in [2.05, 4.69) is 63.3 Å². The lowest BCUT2D eigenvalue weighted by atomic mass is 9.95. The number of aliphatic hydroxyl groups is 1. The average molecular weight is 569 g/mol. The molecule has 0 amide bonds. The SMILES string of the molecule is CCc1cccc2cccc(N3CCc4c(nc(OC[C@]56CCCN5[C@@H](CO)CC6)nc4N4CC5CCC(C4)N5)C3)c12. The minimum absolute atomic E-state index is 0.00647. The van der Waals surface area contributed by atoms with Gasteiger partial charge in [0.25, 0.3) is 0 Å². The van der Waals surface area contributed by atoms with Crippen LogP contribution in [-0.4, -0.2) is 83.0 Å². The summed E-state index contributed by atoms with van der Waals surface area (Å²) in [4.78, 5) is 17.9. The second kappa shape index (κ2) is 10.6. The van der Waals surface area contributed by atoms with Crippen LogP contribution < -0.4 is 19.9 Å². The van der Waals surface area contributed by atoms with Gasteiger partial charge in [0.1, 0.15) is 12.4 Å². The van der Waals surface area contributed by atoms with Gasteiger partial charge in [0.2, 0.25) is 0 Å². The molecule has 4 atom stereocenters. The van der Waals surface area contributed by atoms with E-state index in [0.717, 1.165) is 76.3 Å². The summed E-state index contributed by atoms with van der Waals surface area (Å²) in [5, 5.41) is 16.4. The maximum atomic E-state index is 9.97. The number of nitrogens with zero attached hydrogens (tertiary/aromatic N) is 5. The molecular weight excluding hydrogens is 524 g/mol. The number of rotatable bonds is 7. The van der Waals surface area contributed by atoms with Gasteiger partial charge in [-0.05, 0) is 74.9 Å². The quantitative estimate of drug-likeness (QED) is 0.442. The molecule has 2 bridgehead atoms. The number of nitrogens with one attached hydrogen (secondary N) is 1. The number of aromatic nitrogens is 2. The Morgan fingerprint density at radius 2 is 1.83 bits per heavy atom. The monoisotopic (exact) mass is 568 g/mol. The number of anilines is 2. The predicted molar refractivity (Wildman–Crippen MR) is 167 cm³/mol. The van der Waals surface area contributed by atoms with Gasteiger partial charge in [-0.1, -0.05) is 37.3 Å². The van der Waals surface area contributed by atoms with Crippen molar-refractivity contribution < 1.29 is 9.84 Å². The minimum atomic E-state index is 0.00647. The first-order chi connectivity index (χ1) is 20.6. The number of benzene rings is 2. The molecule has 1 aromatic heterocycles. The van der Waals surface area contributed by atoms with E-state index in [4.69, 9.17) is 14.7 Å². The molecule has 8 heteroatoms. The number of aliphatic hydroxyl groups excluding tert-OH is 1. The van der Waals surface area contributed by atoms with E-state index >= 15 is 0 Å². The fourth-order valence-electron chi connectivity index (χ4n) is 8.85. The van der Waals surface area contributed by atoms with Crippen molar-refractivity contribution in [3.8, 4) is 6.01 Å². The second-order valence-corrected chi connectivity index (χ2v) is 13.3. The van der Waals surface area contributed by atoms with Gasteiger partial charge in [-0.25, -0.2) is 0 Å². The molecule has 5 aliphatic rings. The van der Waals surface area contributed by atoms with Crippen molar-refractivity contribution in [1.29, 1.82) is 0 Å². The molecule has 4 saturated heterocycles. The van der Waals surface area contributed by atoms with Crippen LogP contribution in [0.4, 0.5) is 11.5 Å². The molecule has 42 heavy (non-hydrogen) atoms. The van der Waals surface area contributed by atoms with Crippen molar-refractivity contribution in [3.05, 3.63) is 53.2 Å². The van der Waals surface area contributed by atoms with Gasteiger partial charge < -0.3 is 25.0 Å². The Kier molecular flexibility index (Phi) is 6.76. The summed E-state index contributed by atoms with van der Waals surface area (Å²) in [6.45, 7) is 7.86. The Morgan fingerprint density at radius 3 is 2.64 bits per heavy atom. The molecule has 2 aromatic carbocycles. The van der Waals surface area contributed by atoms with E-state index in [1.54, 1.807) is 0 Å². The number of aryl methyl sites for hydroxylation is 1. The zero-order valence-corrected chi connectivity index (χ0v) is 24.9. The highest BCUT2D eigenvalue weighted by Crippen LogP contribution is 2.43. The van der Waals surface area contributed by atoms with Gasteiger partial charge in [0.05, 0.1) is 24.4 Å². The minimum Gasteiger partial charge on any atom is -0.461 e. The molecule has 5 aliphatic heterocycles. The van der Waals surface area contributed by atoms with Crippen LogP contribution in [0, 0.1) is 0 Å². The Morgan fingerprint density at radius 1 is 1.00 bits per heavy atom. The third kappa shape index (κ3) is 4.45. The summed E-state index contributed by atoms with van der Waals surface area (Å²) in [6.07, 6.45) is 8.85. The van der Waals surface area contributed by atoms with Crippen LogP contribution in [0.5, 0.6) is 6.01 Å². The summed E-state index contributed by atoms with van der Waals surface area (Å²) in [7, 11) is 0. The van der Waals surface area contributed by atoms with E-state index in [9.17, 15) is 5.11 Å². The topological polar surface area (TPSA) is 77.0 Å². The molecule has 0 spiro atoms. The predicted octanol–water partition coefficient (Wildman–Crippen LogP) is 4.06. The maximum absolute atomic E-state index is 9.97. The standard InChI is InChI=1S/C34H44N6O2/c1-2-23-6-3-7-24-8-4-9-30(31(23)24)38-17-13-28-29(20-38)36-33(37-32(28)39-18-25-10-11-26(19-39)35-25)42-22-34-14-5-16-40(34)27(21-41)12-15-34/h3-4,6-9,25-27,35,41H,2,5,10-22H2,1H3/t25?,26?,27-,34-/m1/s1. The van der Waals surface area contributed by atoms with Crippen LogP contribution in [0.25, 0.3) is 10.8 Å². The summed E-state index contributed by atoms with van der Waals surface area (Å²) in [5.74, 6) is 1.10. The van der Waals surface area contributed by atoms with Crippen molar-refractivity contribution in [1.82, 2.24) is 20.2 Å². The van der Waals surface area contributed by atoms with E-state index in [-0.39, 0.29) is 18.2 Å². The van der Waals surface area contributed by atoms with Crippen LogP contribution in [-0.2, 0) is 19.4 Å². The van der Waals surface area contributed by atoms with Gasteiger partial charge >= 0.3 is 6.01 Å². The lowest BCUT2D eigenvalue weighted by Crippen LogP contribution is -2.52. The molecule has 0 saturated carbocycles. The highest BCUT2D eigenvalue weighted by atomic mass is 16.5. The maximum Gasteiger partial charge on any atom is 0.318 e. The fraction of sp³-hybridized carbons (Fsp3) is 0.588. The summed E-state index contributed by atoms with van der Waals surface area (Å²) < 4.78 is 6.60. The van der Waals surface area contributed by atoms with E-state index in [1.165, 1.54) is 46.8 Å². The van der Waals surface area contributed by atoms with Crippen LogP contribution in [0.1, 0.15) is 62.3 Å². The van der Waals surface area contributed by atoms with E-state index in [1.807, 2.05) is 0 Å². The van der Waals surface area contributed by atoms with E-state index < -0.39 is 0 Å². The van der Waals surface area contributed by atoms with Crippen LogP contribution >= 0.6 is 0 Å². The number of fused-ring (bicyclic) bond motifs is 5. The zero-order valence-electron chi connectivity index (χ0n) is 24.9. The van der Waals surface area contributed by atoms with Crippen molar-refractivity contribution in [2.24, 2.45) is 0 Å². The van der Waals surface area contributed by atoms with Gasteiger partial charge in [0, 0.05) is 54.4 Å². The summed E-state index contributed by atoms with van der Waals surface area (Å²) in [6, 6.07) is 15.3. The van der Waals surface area contributed by atoms with Crippen molar-refractivity contribution >= 4 is 22.3 Å². The van der Waals surface area contributed by atoms with Gasteiger partial charge in [-0.2, -0.15) is 9.97 Å². The highest BCUT2D eigenvalue weighted by Gasteiger charge is 2.49. The largest absolute Gasteiger partial charge is 0.461 e. The third-order valence-electron chi connectivity index (χ3n) is 10.9. The molecular formula is C34H44N6O2. The number of ether oxygens (including phenoxy) is 1. The Bertz CT molecular complexity index is 1460. The Balaban J connectivity index is 1.14. The Hall–Kier alpha value is -2.94. The smallest absolute Gasteiger partial charge is 0.318 e. The molecule has 6 heterocycles. The second-order valence-electron chi connectivity index (χ2n) is 13.3. The van der Waals surface area contributed by atoms with Crippen LogP contribution in [0.3, 0.4) is 0 Å². The van der Waals surface area contributed by atoms with Crippen LogP contribution in [0.15, 0.2) is 36.4 Å². The molecule has 0 radical (unpaired) electrons. The number of hydrogen-bond donors (Lipinski definition) is 2. The van der Waals surface area contributed by atoms with Crippen molar-refractivity contribution in [3.63, 3.8) is 0 Å². The highest BCUT2D eigenvalue weighted by molar-refractivity contribution is 5.97. The van der Waals surface area contributed by atoms with Crippen molar-refractivity contribution in [2.75, 3.05) is 49.2 Å². The molecule has 2 unspecified atom stereocenters.